The van der Waals surface area contributed by atoms with Gasteiger partial charge in [0.05, 0.1) is 0 Å². The minimum absolute atomic E-state index is 0.0646. The van der Waals surface area contributed by atoms with Gasteiger partial charge in [-0.1, -0.05) is 0 Å². The first-order chi connectivity index (χ1) is 9.52. The van der Waals surface area contributed by atoms with Crippen LogP contribution in [0.3, 0.4) is 0 Å². The molecule has 0 bridgehead atoms. The summed E-state index contributed by atoms with van der Waals surface area (Å²) in [5, 5.41) is 12.9. The van der Waals surface area contributed by atoms with E-state index >= 15 is 0 Å². The molecule has 0 aromatic carbocycles. The zero-order chi connectivity index (χ0) is 14.7. The number of nitrogens with one attached hydrogen (secondary N) is 1. The summed E-state index contributed by atoms with van der Waals surface area (Å²) < 4.78 is 4.13. The smallest absolute Gasteiger partial charge is 0.258 e. The van der Waals surface area contributed by atoms with Crippen molar-refractivity contribution in [2.24, 2.45) is 5.92 Å². The molecule has 6 nitrogen and oxygen atoms in total. The Morgan fingerprint density at radius 1 is 1.55 bits per heavy atom. The molecule has 1 saturated heterocycles. The SMILES string of the molecule is CC(C)NC(=O)c1c(N)nsc1N1CCC(CO)CC1. The third-order valence-electron chi connectivity index (χ3n) is 3.51. The van der Waals surface area contributed by atoms with E-state index in [-0.39, 0.29) is 18.6 Å². The van der Waals surface area contributed by atoms with Crippen molar-refractivity contribution in [3.05, 3.63) is 5.56 Å². The zero-order valence-corrected chi connectivity index (χ0v) is 12.7. The van der Waals surface area contributed by atoms with E-state index in [0.717, 1.165) is 30.9 Å². The van der Waals surface area contributed by atoms with Crippen LogP contribution in [0, 0.1) is 5.92 Å². The number of amides is 1. The Labute approximate surface area is 123 Å². The Hall–Kier alpha value is -1.34. The number of rotatable bonds is 4. The van der Waals surface area contributed by atoms with Gasteiger partial charge in [0.15, 0.2) is 5.82 Å². The van der Waals surface area contributed by atoms with E-state index < -0.39 is 0 Å². The molecule has 112 valence electrons. The predicted molar refractivity (Wildman–Crippen MR) is 81.2 cm³/mol. The molecule has 20 heavy (non-hydrogen) atoms. The fourth-order valence-electron chi connectivity index (χ4n) is 2.38. The molecule has 1 aliphatic rings. The minimum Gasteiger partial charge on any atom is -0.396 e. The summed E-state index contributed by atoms with van der Waals surface area (Å²) in [7, 11) is 0. The molecule has 0 atom stereocenters. The van der Waals surface area contributed by atoms with Crippen molar-refractivity contribution in [1.29, 1.82) is 0 Å². The van der Waals surface area contributed by atoms with Crippen LogP contribution in [0.15, 0.2) is 0 Å². The lowest BCUT2D eigenvalue weighted by atomic mass is 9.98. The summed E-state index contributed by atoms with van der Waals surface area (Å²) in [6, 6.07) is 0.0646. The summed E-state index contributed by atoms with van der Waals surface area (Å²) in [6.45, 7) is 5.73. The maximum atomic E-state index is 12.2. The molecule has 0 unspecified atom stereocenters. The van der Waals surface area contributed by atoms with Crippen LogP contribution in [-0.2, 0) is 0 Å². The van der Waals surface area contributed by atoms with E-state index in [1.165, 1.54) is 11.5 Å². The van der Waals surface area contributed by atoms with Gasteiger partial charge in [0.1, 0.15) is 10.6 Å². The molecule has 7 heteroatoms. The fraction of sp³-hybridized carbons (Fsp3) is 0.692. The van der Waals surface area contributed by atoms with E-state index in [1.54, 1.807) is 0 Å². The highest BCUT2D eigenvalue weighted by atomic mass is 32.1. The number of nitrogens with two attached hydrogens (primary N) is 1. The van der Waals surface area contributed by atoms with Gasteiger partial charge in [-0.25, -0.2) is 0 Å². The summed E-state index contributed by atoms with van der Waals surface area (Å²) in [5.74, 6) is 0.502. The van der Waals surface area contributed by atoms with Crippen LogP contribution in [0.1, 0.15) is 37.0 Å². The summed E-state index contributed by atoms with van der Waals surface area (Å²) in [4.78, 5) is 14.4. The van der Waals surface area contributed by atoms with Gasteiger partial charge in [-0.2, -0.15) is 4.37 Å². The van der Waals surface area contributed by atoms with Crippen molar-refractivity contribution < 1.29 is 9.90 Å². The molecular weight excluding hydrogens is 276 g/mol. The number of carbonyl (C=O) groups excluding carboxylic acids is 1. The molecular formula is C13H22N4O2S. The lowest BCUT2D eigenvalue weighted by Gasteiger charge is -2.32. The van der Waals surface area contributed by atoms with Crippen molar-refractivity contribution in [3.8, 4) is 0 Å². The minimum atomic E-state index is -0.162. The Kier molecular flexibility index (Phi) is 4.82. The van der Waals surface area contributed by atoms with Crippen LogP contribution in [0.25, 0.3) is 0 Å². The number of aliphatic hydroxyl groups excluding tert-OH is 1. The number of hydrogen-bond donors (Lipinski definition) is 3. The van der Waals surface area contributed by atoms with Gasteiger partial charge in [-0.05, 0) is 44.1 Å². The number of carbonyl (C=O) groups is 1. The summed E-state index contributed by atoms with van der Waals surface area (Å²) >= 11 is 1.27. The summed E-state index contributed by atoms with van der Waals surface area (Å²) in [6.07, 6.45) is 1.86. The van der Waals surface area contributed by atoms with Crippen molar-refractivity contribution in [3.63, 3.8) is 0 Å². The molecule has 2 heterocycles. The fourth-order valence-corrected chi connectivity index (χ4v) is 3.24. The third kappa shape index (κ3) is 3.21. The Balaban J connectivity index is 2.15. The molecule has 0 aliphatic carbocycles. The Morgan fingerprint density at radius 2 is 2.20 bits per heavy atom. The third-order valence-corrected chi connectivity index (χ3v) is 4.43. The van der Waals surface area contributed by atoms with Crippen molar-refractivity contribution in [1.82, 2.24) is 9.69 Å². The van der Waals surface area contributed by atoms with Crippen molar-refractivity contribution in [2.75, 3.05) is 30.3 Å². The predicted octanol–water partition coefficient (Wildman–Crippen LogP) is 1.07. The van der Waals surface area contributed by atoms with Crippen LogP contribution < -0.4 is 16.0 Å². The molecule has 1 aromatic heterocycles. The van der Waals surface area contributed by atoms with E-state index in [1.807, 2.05) is 13.8 Å². The average Bonchev–Trinajstić information content (AvgIpc) is 2.80. The van der Waals surface area contributed by atoms with Gasteiger partial charge in [-0.15, -0.1) is 0 Å². The van der Waals surface area contributed by atoms with Crippen molar-refractivity contribution >= 4 is 28.3 Å². The van der Waals surface area contributed by atoms with E-state index in [0.29, 0.717) is 17.3 Å². The molecule has 2 rings (SSSR count). The second kappa shape index (κ2) is 6.41. The monoisotopic (exact) mass is 298 g/mol. The standard InChI is InChI=1S/C13H22N4O2S/c1-8(2)15-12(19)10-11(14)16-20-13(10)17-5-3-9(7-18)4-6-17/h8-9,18H,3-7H2,1-2H3,(H2,14,16)(H,15,19). The first-order valence-corrected chi connectivity index (χ1v) is 7.72. The van der Waals surface area contributed by atoms with Crippen LogP contribution in [0.2, 0.25) is 0 Å². The van der Waals surface area contributed by atoms with Gasteiger partial charge < -0.3 is 21.1 Å². The second-order valence-corrected chi connectivity index (χ2v) is 6.24. The number of nitrogen functional groups attached to an aromatic ring is 1. The largest absolute Gasteiger partial charge is 0.396 e. The second-order valence-electron chi connectivity index (χ2n) is 5.49. The number of piperidine rings is 1. The zero-order valence-electron chi connectivity index (χ0n) is 11.9. The molecule has 1 fully saturated rings. The van der Waals surface area contributed by atoms with Gasteiger partial charge in [0.25, 0.3) is 5.91 Å². The van der Waals surface area contributed by atoms with Gasteiger partial charge in [0.2, 0.25) is 0 Å². The molecule has 4 N–H and O–H groups in total. The van der Waals surface area contributed by atoms with Gasteiger partial charge in [0, 0.05) is 25.7 Å². The Morgan fingerprint density at radius 3 is 2.75 bits per heavy atom. The van der Waals surface area contributed by atoms with Gasteiger partial charge in [-0.3, -0.25) is 4.79 Å². The van der Waals surface area contributed by atoms with Crippen LogP contribution in [-0.4, -0.2) is 41.1 Å². The Bertz CT molecular complexity index is 467. The molecule has 0 radical (unpaired) electrons. The highest BCUT2D eigenvalue weighted by molar-refractivity contribution is 7.11. The quantitative estimate of drug-likeness (QED) is 0.773. The normalized spacial score (nSPS) is 16.7. The van der Waals surface area contributed by atoms with E-state index in [9.17, 15) is 9.90 Å². The van der Waals surface area contributed by atoms with Crippen LogP contribution in [0.5, 0.6) is 0 Å². The molecule has 1 aliphatic heterocycles. The lowest BCUT2D eigenvalue weighted by molar-refractivity contribution is 0.0944. The molecule has 0 spiro atoms. The van der Waals surface area contributed by atoms with Crippen LogP contribution in [0.4, 0.5) is 10.8 Å². The number of aromatic nitrogens is 1. The maximum Gasteiger partial charge on any atom is 0.258 e. The highest BCUT2D eigenvalue weighted by Crippen LogP contribution is 2.33. The number of anilines is 2. The highest BCUT2D eigenvalue weighted by Gasteiger charge is 2.27. The van der Waals surface area contributed by atoms with E-state index in [4.69, 9.17) is 5.73 Å². The maximum absolute atomic E-state index is 12.2. The lowest BCUT2D eigenvalue weighted by Crippen LogP contribution is -2.36. The number of hydrogen-bond acceptors (Lipinski definition) is 6. The van der Waals surface area contributed by atoms with Crippen molar-refractivity contribution in [2.45, 2.75) is 32.7 Å². The van der Waals surface area contributed by atoms with Crippen LogP contribution >= 0.6 is 11.5 Å². The van der Waals surface area contributed by atoms with Gasteiger partial charge >= 0.3 is 0 Å². The average molecular weight is 298 g/mol. The summed E-state index contributed by atoms with van der Waals surface area (Å²) in [5.41, 5.74) is 6.34. The molecule has 0 saturated carbocycles. The number of aliphatic hydroxyl groups is 1. The molecule has 1 amide bonds. The number of nitrogens with zero attached hydrogens (tertiary/aromatic N) is 2. The molecule has 1 aromatic rings. The first kappa shape index (κ1) is 15.1. The van der Waals surface area contributed by atoms with E-state index in [2.05, 4.69) is 14.6 Å². The topological polar surface area (TPSA) is 91.5 Å². The first-order valence-electron chi connectivity index (χ1n) is 6.94.